The molecule has 0 spiro atoms. The molecule has 0 amide bonds. The highest BCUT2D eigenvalue weighted by Gasteiger charge is 2.09. The van der Waals surface area contributed by atoms with Gasteiger partial charge in [0.15, 0.2) is 0 Å². The average molecular weight is 204 g/mol. The van der Waals surface area contributed by atoms with Crippen molar-refractivity contribution in [2.75, 3.05) is 20.0 Å². The lowest BCUT2D eigenvalue weighted by Gasteiger charge is -2.10. The fraction of sp³-hybridized carbons (Fsp3) is 0.182. The van der Waals surface area contributed by atoms with E-state index in [0.29, 0.717) is 11.6 Å². The zero-order valence-corrected chi connectivity index (χ0v) is 8.65. The maximum atomic E-state index is 5.81. The number of rotatable bonds is 2. The van der Waals surface area contributed by atoms with Crippen molar-refractivity contribution in [2.24, 2.45) is 0 Å². The Morgan fingerprint density at radius 1 is 1.07 bits per heavy atom. The monoisotopic (exact) mass is 204 g/mol. The Kier molecular flexibility index (Phi) is 2.33. The molecule has 0 radical (unpaired) electrons. The lowest BCUT2D eigenvalue weighted by molar-refractivity contribution is 0.410. The Hall–Kier alpha value is -1.97. The molecular formula is C11H12N2O2. The number of benzene rings is 1. The van der Waals surface area contributed by atoms with Crippen molar-refractivity contribution in [1.82, 2.24) is 4.98 Å². The largest absolute Gasteiger partial charge is 0.496 e. The molecule has 0 aliphatic rings. The number of anilines is 1. The number of hydrogen-bond acceptors (Lipinski definition) is 4. The molecule has 2 rings (SSSR count). The van der Waals surface area contributed by atoms with Gasteiger partial charge in [-0.2, -0.15) is 0 Å². The molecule has 4 heteroatoms. The van der Waals surface area contributed by atoms with Crippen LogP contribution in [0.15, 0.2) is 24.4 Å². The predicted molar refractivity (Wildman–Crippen MR) is 59.3 cm³/mol. The summed E-state index contributed by atoms with van der Waals surface area (Å²) in [4.78, 5) is 4.03. The Morgan fingerprint density at radius 3 is 2.40 bits per heavy atom. The van der Waals surface area contributed by atoms with Crippen molar-refractivity contribution in [3.05, 3.63) is 24.4 Å². The number of fused-ring (bicyclic) bond motifs is 1. The van der Waals surface area contributed by atoms with Crippen LogP contribution >= 0.6 is 0 Å². The summed E-state index contributed by atoms with van der Waals surface area (Å²) in [6, 6.07) is 5.52. The molecule has 0 aliphatic heterocycles. The van der Waals surface area contributed by atoms with Crippen molar-refractivity contribution in [1.29, 1.82) is 0 Å². The number of hydrogen-bond donors (Lipinski definition) is 1. The van der Waals surface area contributed by atoms with Crippen molar-refractivity contribution < 1.29 is 9.47 Å². The topological polar surface area (TPSA) is 57.4 Å². The zero-order chi connectivity index (χ0) is 10.8. The highest BCUT2D eigenvalue weighted by molar-refractivity contribution is 5.99. The summed E-state index contributed by atoms with van der Waals surface area (Å²) in [5.74, 6) is 1.92. The van der Waals surface area contributed by atoms with Gasteiger partial charge in [0.1, 0.15) is 17.3 Å². The Balaban J connectivity index is 2.86. The van der Waals surface area contributed by atoms with Crippen molar-refractivity contribution in [2.45, 2.75) is 0 Å². The van der Waals surface area contributed by atoms with Crippen LogP contribution in [0.5, 0.6) is 11.5 Å². The SMILES string of the molecule is COc1ccc(OC)c2c(N)nccc12. The molecule has 2 aromatic rings. The van der Waals surface area contributed by atoms with Gasteiger partial charge < -0.3 is 15.2 Å². The van der Waals surface area contributed by atoms with Gasteiger partial charge in [-0.05, 0) is 18.2 Å². The maximum absolute atomic E-state index is 5.81. The van der Waals surface area contributed by atoms with E-state index in [1.54, 1.807) is 20.4 Å². The van der Waals surface area contributed by atoms with Gasteiger partial charge in [0.2, 0.25) is 0 Å². The summed E-state index contributed by atoms with van der Waals surface area (Å²) in [6.07, 6.45) is 1.65. The fourth-order valence-electron chi connectivity index (χ4n) is 1.61. The minimum atomic E-state index is 0.447. The summed E-state index contributed by atoms with van der Waals surface area (Å²) in [7, 11) is 3.23. The summed E-state index contributed by atoms with van der Waals surface area (Å²) >= 11 is 0. The zero-order valence-electron chi connectivity index (χ0n) is 8.65. The van der Waals surface area contributed by atoms with Crippen LogP contribution in [-0.4, -0.2) is 19.2 Å². The van der Waals surface area contributed by atoms with E-state index >= 15 is 0 Å². The van der Waals surface area contributed by atoms with E-state index in [0.717, 1.165) is 16.5 Å². The number of nitrogen functional groups attached to an aromatic ring is 1. The molecule has 1 aromatic carbocycles. The molecule has 1 aromatic heterocycles. The molecule has 0 fully saturated rings. The molecule has 0 unspecified atom stereocenters. The molecule has 0 aliphatic carbocycles. The van der Waals surface area contributed by atoms with Crippen LogP contribution < -0.4 is 15.2 Å². The highest BCUT2D eigenvalue weighted by Crippen LogP contribution is 2.35. The van der Waals surface area contributed by atoms with Crippen LogP contribution in [0.25, 0.3) is 10.8 Å². The van der Waals surface area contributed by atoms with Gasteiger partial charge in [0.25, 0.3) is 0 Å². The van der Waals surface area contributed by atoms with Crippen LogP contribution in [0.1, 0.15) is 0 Å². The standard InChI is InChI=1S/C11H12N2O2/c1-14-8-3-4-9(15-2)10-7(8)5-6-13-11(10)12/h3-6H,1-2H3,(H2,12,13). The van der Waals surface area contributed by atoms with E-state index in [9.17, 15) is 0 Å². The third kappa shape index (κ3) is 1.44. The van der Waals surface area contributed by atoms with Gasteiger partial charge in [0.05, 0.1) is 19.6 Å². The van der Waals surface area contributed by atoms with Crippen LogP contribution in [0.3, 0.4) is 0 Å². The Bertz CT molecular complexity index is 497. The van der Waals surface area contributed by atoms with Crippen molar-refractivity contribution in [3.8, 4) is 11.5 Å². The van der Waals surface area contributed by atoms with E-state index in [1.807, 2.05) is 18.2 Å². The van der Waals surface area contributed by atoms with Gasteiger partial charge in [-0.25, -0.2) is 4.98 Å². The quantitative estimate of drug-likeness (QED) is 0.810. The number of methoxy groups -OCH3 is 2. The van der Waals surface area contributed by atoms with E-state index < -0.39 is 0 Å². The van der Waals surface area contributed by atoms with E-state index in [4.69, 9.17) is 15.2 Å². The average Bonchev–Trinajstić information content (AvgIpc) is 2.28. The fourth-order valence-corrected chi connectivity index (χ4v) is 1.61. The summed E-state index contributed by atoms with van der Waals surface area (Å²) in [5, 5.41) is 1.70. The second-order valence-electron chi connectivity index (χ2n) is 3.09. The third-order valence-electron chi connectivity index (χ3n) is 2.32. The second kappa shape index (κ2) is 3.65. The van der Waals surface area contributed by atoms with E-state index in [2.05, 4.69) is 4.98 Å². The highest BCUT2D eigenvalue weighted by atomic mass is 16.5. The van der Waals surface area contributed by atoms with Crippen molar-refractivity contribution >= 4 is 16.6 Å². The minimum Gasteiger partial charge on any atom is -0.496 e. The van der Waals surface area contributed by atoms with Crippen LogP contribution in [0.2, 0.25) is 0 Å². The van der Waals surface area contributed by atoms with Gasteiger partial charge in [0, 0.05) is 11.6 Å². The number of ether oxygens (including phenoxy) is 2. The van der Waals surface area contributed by atoms with Crippen molar-refractivity contribution in [3.63, 3.8) is 0 Å². The molecular weight excluding hydrogens is 192 g/mol. The van der Waals surface area contributed by atoms with E-state index in [-0.39, 0.29) is 0 Å². The molecule has 0 bridgehead atoms. The van der Waals surface area contributed by atoms with Crippen LogP contribution in [0, 0.1) is 0 Å². The van der Waals surface area contributed by atoms with Gasteiger partial charge >= 0.3 is 0 Å². The van der Waals surface area contributed by atoms with Crippen LogP contribution in [-0.2, 0) is 0 Å². The lowest BCUT2D eigenvalue weighted by atomic mass is 10.1. The molecule has 0 atom stereocenters. The summed E-state index contributed by atoms with van der Waals surface area (Å²) in [6.45, 7) is 0. The molecule has 1 heterocycles. The Morgan fingerprint density at radius 2 is 1.73 bits per heavy atom. The second-order valence-corrected chi connectivity index (χ2v) is 3.09. The Labute approximate surface area is 87.6 Å². The number of nitrogens with zero attached hydrogens (tertiary/aromatic N) is 1. The van der Waals surface area contributed by atoms with Gasteiger partial charge in [-0.1, -0.05) is 0 Å². The predicted octanol–water partition coefficient (Wildman–Crippen LogP) is 1.83. The first-order valence-electron chi connectivity index (χ1n) is 4.53. The normalized spacial score (nSPS) is 10.3. The van der Waals surface area contributed by atoms with E-state index in [1.165, 1.54) is 0 Å². The first-order chi connectivity index (χ1) is 7.27. The van der Waals surface area contributed by atoms with Gasteiger partial charge in [-0.15, -0.1) is 0 Å². The third-order valence-corrected chi connectivity index (χ3v) is 2.32. The van der Waals surface area contributed by atoms with Gasteiger partial charge in [-0.3, -0.25) is 0 Å². The number of pyridine rings is 1. The minimum absolute atomic E-state index is 0.447. The number of nitrogens with two attached hydrogens (primary N) is 1. The molecule has 0 saturated carbocycles. The summed E-state index contributed by atoms with van der Waals surface area (Å²) < 4.78 is 10.5. The first kappa shape index (κ1) is 9.58. The molecule has 0 saturated heterocycles. The molecule has 78 valence electrons. The lowest BCUT2D eigenvalue weighted by Crippen LogP contribution is -1.95. The molecule has 4 nitrogen and oxygen atoms in total. The summed E-state index contributed by atoms with van der Waals surface area (Å²) in [5.41, 5.74) is 5.81. The smallest absolute Gasteiger partial charge is 0.135 e. The first-order valence-corrected chi connectivity index (χ1v) is 4.53. The number of aromatic nitrogens is 1. The van der Waals surface area contributed by atoms with Crippen LogP contribution in [0.4, 0.5) is 5.82 Å². The molecule has 2 N–H and O–H groups in total. The molecule has 15 heavy (non-hydrogen) atoms. The maximum Gasteiger partial charge on any atom is 0.135 e.